The fraction of sp³-hybridized carbons (Fsp3) is 0.125. The van der Waals surface area contributed by atoms with Crippen LogP contribution >= 0.6 is 27.5 Å². The van der Waals surface area contributed by atoms with E-state index in [1.165, 1.54) is 20.3 Å². The molecule has 1 heterocycles. The number of alkyl halides is 3. The summed E-state index contributed by atoms with van der Waals surface area (Å²) >= 11 is 9.04. The minimum Gasteiger partial charge on any atom is -0.493 e. The second-order valence-electron chi connectivity index (χ2n) is 7.27. The number of hydrogen-bond donors (Lipinski definition) is 0. The van der Waals surface area contributed by atoms with Crippen LogP contribution in [-0.2, 0) is 6.18 Å². The zero-order valence-electron chi connectivity index (χ0n) is 18.2. The van der Waals surface area contributed by atoms with Gasteiger partial charge in [-0.15, -0.1) is 0 Å². The molecule has 3 aromatic carbocycles. The Bertz CT molecular complexity index is 1520. The van der Waals surface area contributed by atoms with Crippen molar-refractivity contribution in [2.45, 2.75) is 6.18 Å². The highest BCUT2D eigenvalue weighted by molar-refractivity contribution is 9.10. The molecule has 0 aliphatic carbocycles. The molecule has 0 spiro atoms. The molecule has 0 saturated heterocycles. The van der Waals surface area contributed by atoms with Gasteiger partial charge in [0.15, 0.2) is 17.3 Å². The Balaban J connectivity index is 1.93. The van der Waals surface area contributed by atoms with Crippen molar-refractivity contribution in [1.29, 1.82) is 0 Å². The lowest BCUT2D eigenvalue weighted by Crippen LogP contribution is -2.20. The van der Waals surface area contributed by atoms with Gasteiger partial charge in [0, 0.05) is 10.0 Å². The molecule has 4 rings (SSSR count). The molecule has 0 unspecified atom stereocenters. The third kappa shape index (κ3) is 5.03. The van der Waals surface area contributed by atoms with Crippen molar-refractivity contribution < 1.29 is 22.6 Å². The third-order valence-corrected chi connectivity index (χ3v) is 5.89. The number of rotatable bonds is 5. The van der Waals surface area contributed by atoms with E-state index in [4.69, 9.17) is 21.1 Å². The van der Waals surface area contributed by atoms with Gasteiger partial charge >= 0.3 is 6.18 Å². The Labute approximate surface area is 210 Å². The van der Waals surface area contributed by atoms with E-state index in [1.807, 2.05) is 0 Å². The van der Waals surface area contributed by atoms with Crippen LogP contribution in [0.2, 0.25) is 5.02 Å². The minimum absolute atomic E-state index is 0.0984. The molecule has 0 saturated carbocycles. The largest absolute Gasteiger partial charge is 0.493 e. The van der Waals surface area contributed by atoms with Crippen molar-refractivity contribution >= 4 is 44.6 Å². The van der Waals surface area contributed by atoms with Crippen LogP contribution in [0.25, 0.3) is 22.3 Å². The smallest absolute Gasteiger partial charge is 0.417 e. The van der Waals surface area contributed by atoms with Crippen LogP contribution in [0.1, 0.15) is 11.1 Å². The first-order valence-corrected chi connectivity index (χ1v) is 11.2. The molecule has 180 valence electrons. The number of benzene rings is 3. The van der Waals surface area contributed by atoms with Crippen LogP contribution in [0.15, 0.2) is 69.0 Å². The summed E-state index contributed by atoms with van der Waals surface area (Å²) in [5.41, 5.74) is -0.520. The van der Waals surface area contributed by atoms with Crippen LogP contribution in [0.3, 0.4) is 0 Å². The lowest BCUT2D eigenvalue weighted by Gasteiger charge is -2.13. The monoisotopic (exact) mass is 565 g/mol. The number of aromatic nitrogens is 2. The molecular weight excluding hydrogens is 551 g/mol. The van der Waals surface area contributed by atoms with Crippen molar-refractivity contribution in [2.75, 3.05) is 14.2 Å². The highest BCUT2D eigenvalue weighted by atomic mass is 79.9. The number of nitrogens with zero attached hydrogens (tertiary/aromatic N) is 3. The first-order chi connectivity index (χ1) is 16.6. The van der Waals surface area contributed by atoms with Gasteiger partial charge in [-0.1, -0.05) is 33.6 Å². The molecule has 0 fully saturated rings. The Morgan fingerprint density at radius 3 is 2.46 bits per heavy atom. The van der Waals surface area contributed by atoms with Gasteiger partial charge in [0.25, 0.3) is 5.56 Å². The topological polar surface area (TPSA) is 65.7 Å². The van der Waals surface area contributed by atoms with Gasteiger partial charge < -0.3 is 9.47 Å². The van der Waals surface area contributed by atoms with Gasteiger partial charge in [-0.2, -0.15) is 22.9 Å². The predicted octanol–water partition coefficient (Wildman–Crippen LogP) is 6.40. The molecule has 4 aromatic rings. The van der Waals surface area contributed by atoms with Crippen LogP contribution in [0.4, 0.5) is 13.2 Å². The molecule has 35 heavy (non-hydrogen) atoms. The van der Waals surface area contributed by atoms with Gasteiger partial charge in [-0.05, 0) is 54.1 Å². The van der Waals surface area contributed by atoms with Gasteiger partial charge in [0.2, 0.25) is 0 Å². The van der Waals surface area contributed by atoms with E-state index in [-0.39, 0.29) is 16.8 Å². The summed E-state index contributed by atoms with van der Waals surface area (Å²) in [5, 5.41) is 4.04. The molecule has 0 radical (unpaired) electrons. The molecule has 0 N–H and O–H groups in total. The molecule has 1 aromatic heterocycles. The lowest BCUT2D eigenvalue weighted by molar-refractivity contribution is -0.137. The molecule has 0 bridgehead atoms. The second-order valence-corrected chi connectivity index (χ2v) is 8.59. The van der Waals surface area contributed by atoms with E-state index in [1.54, 1.807) is 36.4 Å². The minimum atomic E-state index is -4.64. The summed E-state index contributed by atoms with van der Waals surface area (Å²) < 4.78 is 52.1. The summed E-state index contributed by atoms with van der Waals surface area (Å²) in [6.07, 6.45) is -3.50. The molecular formula is C24H16BrClF3N3O3. The van der Waals surface area contributed by atoms with Gasteiger partial charge in [-0.25, -0.2) is 4.98 Å². The second kappa shape index (κ2) is 9.71. The number of hydrogen-bond acceptors (Lipinski definition) is 5. The molecule has 6 nitrogen and oxygen atoms in total. The first kappa shape index (κ1) is 24.7. The molecule has 0 amide bonds. The quantitative estimate of drug-likeness (QED) is 0.262. The standard InChI is InChI=1S/C24H16BrClF3N3O3/c1-34-20-8-4-14(10-21(20)35-2)22-31-19-7-5-15(25)11-16(19)23(33)32(22)30-12-13-3-6-18(26)17(9-13)24(27,28)29/h3-12H,1-2H3. The van der Waals surface area contributed by atoms with E-state index in [0.29, 0.717) is 27.1 Å². The third-order valence-electron chi connectivity index (χ3n) is 5.07. The van der Waals surface area contributed by atoms with Gasteiger partial charge in [-0.3, -0.25) is 4.79 Å². The summed E-state index contributed by atoms with van der Waals surface area (Å²) in [6.45, 7) is 0. The predicted molar refractivity (Wildman–Crippen MR) is 132 cm³/mol. The normalized spacial score (nSPS) is 11.9. The van der Waals surface area contributed by atoms with Crippen LogP contribution in [-0.4, -0.2) is 30.1 Å². The number of fused-ring (bicyclic) bond motifs is 1. The Kier molecular flexibility index (Phi) is 6.86. The number of ether oxygens (including phenoxy) is 2. The van der Waals surface area contributed by atoms with E-state index in [2.05, 4.69) is 26.0 Å². The summed E-state index contributed by atoms with van der Waals surface area (Å²) in [5.74, 6) is 1.03. The Morgan fingerprint density at radius 1 is 1.03 bits per heavy atom. The summed E-state index contributed by atoms with van der Waals surface area (Å²) in [7, 11) is 2.96. The van der Waals surface area contributed by atoms with Crippen LogP contribution in [0, 0.1) is 0 Å². The van der Waals surface area contributed by atoms with Gasteiger partial charge in [0.1, 0.15) is 0 Å². The average Bonchev–Trinajstić information content (AvgIpc) is 2.83. The van der Waals surface area contributed by atoms with Crippen LogP contribution in [0.5, 0.6) is 11.5 Å². The number of halogens is 5. The maximum atomic E-state index is 13.4. The Morgan fingerprint density at radius 2 is 1.77 bits per heavy atom. The molecule has 0 aliphatic heterocycles. The zero-order chi connectivity index (χ0) is 25.3. The molecule has 0 aliphatic rings. The fourth-order valence-electron chi connectivity index (χ4n) is 3.38. The van der Waals surface area contributed by atoms with E-state index in [9.17, 15) is 18.0 Å². The van der Waals surface area contributed by atoms with Crippen molar-refractivity contribution in [1.82, 2.24) is 9.66 Å². The van der Waals surface area contributed by atoms with Crippen molar-refractivity contribution in [2.24, 2.45) is 5.10 Å². The first-order valence-electron chi connectivity index (χ1n) is 9.98. The molecule has 0 atom stereocenters. The highest BCUT2D eigenvalue weighted by Gasteiger charge is 2.33. The Hall–Kier alpha value is -3.37. The van der Waals surface area contributed by atoms with E-state index in [0.717, 1.165) is 23.0 Å². The van der Waals surface area contributed by atoms with Crippen molar-refractivity contribution in [3.63, 3.8) is 0 Å². The highest BCUT2D eigenvalue weighted by Crippen LogP contribution is 2.35. The summed E-state index contributed by atoms with van der Waals surface area (Å²) in [4.78, 5) is 18.0. The molecule has 11 heteroatoms. The van der Waals surface area contributed by atoms with E-state index >= 15 is 0 Å². The SMILES string of the molecule is COc1ccc(-c2nc3ccc(Br)cc3c(=O)n2N=Cc2ccc(Cl)c(C(F)(F)F)c2)cc1OC. The average molecular weight is 567 g/mol. The number of methoxy groups -OCH3 is 2. The van der Waals surface area contributed by atoms with Crippen LogP contribution < -0.4 is 15.0 Å². The summed E-state index contributed by atoms with van der Waals surface area (Å²) in [6, 6.07) is 13.3. The van der Waals surface area contributed by atoms with E-state index < -0.39 is 22.3 Å². The van der Waals surface area contributed by atoms with Crippen molar-refractivity contribution in [3.05, 3.63) is 85.6 Å². The lowest BCUT2D eigenvalue weighted by atomic mass is 10.1. The maximum absolute atomic E-state index is 13.4. The van der Waals surface area contributed by atoms with Gasteiger partial charge in [0.05, 0.1) is 41.9 Å². The zero-order valence-corrected chi connectivity index (χ0v) is 20.6. The fourth-order valence-corrected chi connectivity index (χ4v) is 3.97. The maximum Gasteiger partial charge on any atom is 0.417 e. The van der Waals surface area contributed by atoms with Crippen molar-refractivity contribution in [3.8, 4) is 22.9 Å².